The van der Waals surface area contributed by atoms with Gasteiger partial charge in [0.15, 0.2) is 0 Å². The molecule has 0 spiro atoms. The number of unbranched alkanes of at least 4 members (excludes halogenated alkanes) is 16. The Morgan fingerprint density at radius 1 is 0.645 bits per heavy atom. The van der Waals surface area contributed by atoms with E-state index in [1.54, 1.807) is 11.9 Å². The molecule has 0 aliphatic carbocycles. The van der Waals surface area contributed by atoms with Gasteiger partial charge in [0.05, 0.1) is 12.6 Å². The summed E-state index contributed by atoms with van der Waals surface area (Å²) in [6, 6.07) is -0.227. The van der Waals surface area contributed by atoms with Gasteiger partial charge in [-0.3, -0.25) is 14.5 Å². The molecule has 0 fully saturated rings. The number of rotatable bonds is 24. The van der Waals surface area contributed by atoms with Gasteiger partial charge in [-0.2, -0.15) is 0 Å². The standard InChI is InChI=1S/C27H53NO3/c1-4-6-8-10-12-14-16-18-20-22-25(28(3)24-27(30)31)26(29)23-21-19-17-15-13-11-9-7-5-2/h25H,4-24H2,1-3H3,(H,30,31). The van der Waals surface area contributed by atoms with E-state index in [4.69, 9.17) is 5.11 Å². The van der Waals surface area contributed by atoms with Gasteiger partial charge in [-0.1, -0.05) is 123 Å². The van der Waals surface area contributed by atoms with Crippen LogP contribution in [0.5, 0.6) is 0 Å². The molecule has 0 rings (SSSR count). The minimum absolute atomic E-state index is 0.0500. The monoisotopic (exact) mass is 439 g/mol. The molecule has 0 heterocycles. The van der Waals surface area contributed by atoms with Crippen molar-refractivity contribution in [1.29, 1.82) is 0 Å². The molecule has 4 heteroatoms. The second-order valence-corrected chi connectivity index (χ2v) is 9.49. The molecule has 0 bridgehead atoms. The molecule has 0 radical (unpaired) electrons. The van der Waals surface area contributed by atoms with Gasteiger partial charge in [-0.15, -0.1) is 0 Å². The van der Waals surface area contributed by atoms with E-state index in [1.807, 2.05) is 0 Å². The maximum Gasteiger partial charge on any atom is 0.317 e. The highest BCUT2D eigenvalue weighted by Gasteiger charge is 2.23. The van der Waals surface area contributed by atoms with Crippen molar-refractivity contribution in [1.82, 2.24) is 4.90 Å². The number of Topliss-reactive ketones (excluding diaryl/α,β-unsaturated/α-hetero) is 1. The zero-order valence-corrected chi connectivity index (χ0v) is 21.1. The van der Waals surface area contributed by atoms with E-state index in [0.717, 1.165) is 32.1 Å². The predicted octanol–water partition coefficient (Wildman–Crippen LogP) is 7.78. The first-order valence-electron chi connectivity index (χ1n) is 13.5. The number of nitrogens with zero attached hydrogens (tertiary/aromatic N) is 1. The Kier molecular flexibility index (Phi) is 21.7. The first-order chi connectivity index (χ1) is 15.0. The van der Waals surface area contributed by atoms with E-state index >= 15 is 0 Å². The third-order valence-corrected chi connectivity index (χ3v) is 6.40. The molecule has 1 N–H and O–H groups in total. The van der Waals surface area contributed by atoms with Crippen LogP contribution in [0.15, 0.2) is 0 Å². The van der Waals surface area contributed by atoms with Gasteiger partial charge in [-0.05, 0) is 19.9 Å². The van der Waals surface area contributed by atoms with Crippen molar-refractivity contribution in [3.8, 4) is 0 Å². The Morgan fingerprint density at radius 2 is 1.03 bits per heavy atom. The van der Waals surface area contributed by atoms with Crippen molar-refractivity contribution in [3.63, 3.8) is 0 Å². The maximum atomic E-state index is 12.8. The summed E-state index contributed by atoms with van der Waals surface area (Å²) in [5.41, 5.74) is 0. The number of carbonyl (C=O) groups excluding carboxylic acids is 1. The van der Waals surface area contributed by atoms with Crippen molar-refractivity contribution < 1.29 is 14.7 Å². The lowest BCUT2D eigenvalue weighted by atomic mass is 9.97. The minimum Gasteiger partial charge on any atom is -0.480 e. The molecule has 0 saturated heterocycles. The number of carboxylic acid groups (broad SMARTS) is 1. The van der Waals surface area contributed by atoms with Gasteiger partial charge in [0.1, 0.15) is 5.78 Å². The van der Waals surface area contributed by atoms with Gasteiger partial charge in [0.2, 0.25) is 0 Å². The van der Waals surface area contributed by atoms with E-state index in [1.165, 1.54) is 89.9 Å². The quantitative estimate of drug-likeness (QED) is 0.156. The molecule has 1 atom stereocenters. The number of hydrogen-bond acceptors (Lipinski definition) is 3. The highest BCUT2D eigenvalue weighted by molar-refractivity contribution is 5.84. The molecule has 0 amide bonds. The number of likely N-dealkylation sites (N-methyl/N-ethyl adjacent to an activating group) is 1. The van der Waals surface area contributed by atoms with Crippen LogP contribution in [0.1, 0.15) is 142 Å². The van der Waals surface area contributed by atoms with Crippen LogP contribution in [-0.4, -0.2) is 41.4 Å². The van der Waals surface area contributed by atoms with Crippen LogP contribution in [0, 0.1) is 0 Å². The number of hydrogen-bond donors (Lipinski definition) is 1. The van der Waals surface area contributed by atoms with E-state index in [9.17, 15) is 9.59 Å². The van der Waals surface area contributed by atoms with Gasteiger partial charge >= 0.3 is 5.97 Å². The van der Waals surface area contributed by atoms with Crippen LogP contribution in [0.2, 0.25) is 0 Å². The fourth-order valence-electron chi connectivity index (χ4n) is 4.38. The van der Waals surface area contributed by atoms with Gasteiger partial charge < -0.3 is 5.11 Å². The fraction of sp³-hybridized carbons (Fsp3) is 0.926. The number of aliphatic carboxylic acids is 1. The number of ketones is 1. The number of carboxylic acids is 1. The maximum absolute atomic E-state index is 12.8. The van der Waals surface area contributed by atoms with Crippen LogP contribution in [-0.2, 0) is 9.59 Å². The summed E-state index contributed by atoms with van der Waals surface area (Å²) >= 11 is 0. The van der Waals surface area contributed by atoms with E-state index in [0.29, 0.717) is 6.42 Å². The normalized spacial score (nSPS) is 12.4. The molecule has 4 nitrogen and oxygen atoms in total. The molecule has 0 aliphatic rings. The Morgan fingerprint density at radius 3 is 1.45 bits per heavy atom. The van der Waals surface area contributed by atoms with Crippen LogP contribution in [0.25, 0.3) is 0 Å². The average molecular weight is 440 g/mol. The predicted molar refractivity (Wildman–Crippen MR) is 133 cm³/mol. The Labute approximate surface area is 193 Å². The molecule has 31 heavy (non-hydrogen) atoms. The lowest BCUT2D eigenvalue weighted by Gasteiger charge is -2.25. The van der Waals surface area contributed by atoms with Crippen LogP contribution in [0.3, 0.4) is 0 Å². The van der Waals surface area contributed by atoms with Crippen molar-refractivity contribution in [2.24, 2.45) is 0 Å². The highest BCUT2D eigenvalue weighted by Crippen LogP contribution is 2.17. The Bertz CT molecular complexity index is 425. The molecule has 0 aliphatic heterocycles. The summed E-state index contributed by atoms with van der Waals surface area (Å²) in [5, 5.41) is 9.14. The molecule has 0 aromatic rings. The zero-order chi connectivity index (χ0) is 23.2. The van der Waals surface area contributed by atoms with Gasteiger partial charge in [-0.25, -0.2) is 0 Å². The molecule has 0 aromatic carbocycles. The van der Waals surface area contributed by atoms with Crippen molar-refractivity contribution in [2.45, 2.75) is 148 Å². The summed E-state index contributed by atoms with van der Waals surface area (Å²) in [7, 11) is 1.79. The van der Waals surface area contributed by atoms with Gasteiger partial charge in [0, 0.05) is 6.42 Å². The molecular formula is C27H53NO3. The van der Waals surface area contributed by atoms with Gasteiger partial charge in [0.25, 0.3) is 0 Å². The Hall–Kier alpha value is -0.900. The van der Waals surface area contributed by atoms with Crippen molar-refractivity contribution in [3.05, 3.63) is 0 Å². The topological polar surface area (TPSA) is 57.6 Å². The van der Waals surface area contributed by atoms with Crippen LogP contribution < -0.4 is 0 Å². The van der Waals surface area contributed by atoms with E-state index in [2.05, 4.69) is 13.8 Å². The van der Waals surface area contributed by atoms with E-state index in [-0.39, 0.29) is 18.4 Å². The Balaban J connectivity index is 4.06. The van der Waals surface area contributed by atoms with Crippen molar-refractivity contribution >= 4 is 11.8 Å². The molecule has 184 valence electrons. The lowest BCUT2D eigenvalue weighted by Crippen LogP contribution is -2.41. The lowest BCUT2D eigenvalue weighted by molar-refractivity contribution is -0.139. The van der Waals surface area contributed by atoms with Crippen molar-refractivity contribution in [2.75, 3.05) is 13.6 Å². The average Bonchev–Trinajstić information content (AvgIpc) is 2.73. The molecule has 1 unspecified atom stereocenters. The van der Waals surface area contributed by atoms with Crippen LogP contribution in [0.4, 0.5) is 0 Å². The third-order valence-electron chi connectivity index (χ3n) is 6.40. The summed E-state index contributed by atoms with van der Waals surface area (Å²) < 4.78 is 0. The molecular weight excluding hydrogens is 386 g/mol. The first-order valence-corrected chi connectivity index (χ1v) is 13.5. The third kappa shape index (κ3) is 19.5. The summed E-state index contributed by atoms with van der Waals surface area (Å²) in [6.07, 6.45) is 23.9. The number of carbonyl (C=O) groups is 2. The molecule has 0 saturated carbocycles. The first kappa shape index (κ1) is 30.1. The van der Waals surface area contributed by atoms with Crippen LogP contribution >= 0.6 is 0 Å². The largest absolute Gasteiger partial charge is 0.480 e. The second kappa shape index (κ2) is 22.3. The smallest absolute Gasteiger partial charge is 0.317 e. The highest BCUT2D eigenvalue weighted by atomic mass is 16.4. The zero-order valence-electron chi connectivity index (χ0n) is 21.1. The minimum atomic E-state index is -0.851. The van der Waals surface area contributed by atoms with E-state index < -0.39 is 5.97 Å². The summed E-state index contributed by atoms with van der Waals surface area (Å²) in [5.74, 6) is -0.610. The fourth-order valence-corrected chi connectivity index (χ4v) is 4.38. The summed E-state index contributed by atoms with van der Waals surface area (Å²) in [6.45, 7) is 4.44. The summed E-state index contributed by atoms with van der Waals surface area (Å²) in [4.78, 5) is 25.7. The second-order valence-electron chi connectivity index (χ2n) is 9.49. The molecule has 0 aromatic heterocycles. The SMILES string of the molecule is CCCCCCCCCCCC(=O)C(CCCCCCCCCCC)N(C)CC(=O)O.